The molecule has 1 aliphatic rings. The van der Waals surface area contributed by atoms with E-state index in [0.717, 1.165) is 0 Å². The van der Waals surface area contributed by atoms with Gasteiger partial charge in [-0.25, -0.2) is 0 Å². The van der Waals surface area contributed by atoms with Crippen LogP contribution in [0.25, 0.3) is 0 Å². The average molecular weight is 153 g/mol. The first-order valence-electron chi connectivity index (χ1n) is 4.58. The zero-order valence-corrected chi connectivity index (χ0v) is 8.46. The van der Waals surface area contributed by atoms with Gasteiger partial charge in [0.15, 0.2) is 0 Å². The normalized spacial score (nSPS) is 19.2. The van der Waals surface area contributed by atoms with Gasteiger partial charge in [0.1, 0.15) is 0 Å². The molecule has 0 fully saturated rings. The maximum atomic E-state index is 2.17. The molecule has 1 atom stereocenters. The van der Waals surface area contributed by atoms with Crippen LogP contribution in [0, 0.1) is 12.3 Å². The predicted octanol–water partition coefficient (Wildman–Crippen LogP) is 4.01. The van der Waals surface area contributed by atoms with Crippen LogP contribution < -0.4 is 0 Å². The maximum absolute atomic E-state index is 2.17. The van der Waals surface area contributed by atoms with E-state index in [1.54, 1.807) is 0 Å². The molecule has 0 saturated heterocycles. The third kappa shape index (κ3) is 9.48. The predicted molar refractivity (Wildman–Crippen MR) is 54.4 cm³/mol. The van der Waals surface area contributed by atoms with Gasteiger partial charge >= 0.3 is 0 Å². The third-order valence-electron chi connectivity index (χ3n) is 1.05. The topological polar surface area (TPSA) is 0 Å². The van der Waals surface area contributed by atoms with Gasteiger partial charge in [-0.2, -0.15) is 0 Å². The minimum Gasteiger partial charge on any atom is -0.0811 e. The lowest BCUT2D eigenvalue weighted by Gasteiger charge is -2.01. The first kappa shape index (κ1) is 13.1. The molecule has 0 spiro atoms. The van der Waals surface area contributed by atoms with E-state index >= 15 is 0 Å². The smallest absolute Gasteiger partial charge is 0.0101 e. The van der Waals surface area contributed by atoms with Crippen molar-refractivity contribution in [1.29, 1.82) is 0 Å². The van der Waals surface area contributed by atoms with E-state index in [0.29, 0.717) is 5.92 Å². The van der Waals surface area contributed by atoms with Crippen molar-refractivity contribution in [2.45, 2.75) is 34.6 Å². The van der Waals surface area contributed by atoms with Crippen LogP contribution in [0.1, 0.15) is 34.6 Å². The number of rotatable bonds is 0. The summed E-state index contributed by atoms with van der Waals surface area (Å²) in [5.74, 6) is 0.644. The summed E-state index contributed by atoms with van der Waals surface area (Å²) in [6.07, 6.45) is 10.5. The van der Waals surface area contributed by atoms with Gasteiger partial charge in [-0.15, -0.1) is 0 Å². The standard InChI is InChI=1S/C7H9.2C2H6/c1-7-5-3-2-4-6-7;2*1-2/h2-7H,1H3;2*1-2H3. The Morgan fingerprint density at radius 2 is 1.36 bits per heavy atom. The fraction of sp³-hybridized carbons (Fsp3) is 0.545. The molecule has 11 heavy (non-hydrogen) atoms. The van der Waals surface area contributed by atoms with Crippen LogP contribution in [0.15, 0.2) is 24.3 Å². The summed E-state index contributed by atoms with van der Waals surface area (Å²) in [5, 5.41) is 0. The molecule has 1 aliphatic carbocycles. The molecular weight excluding hydrogens is 132 g/mol. The van der Waals surface area contributed by atoms with E-state index < -0.39 is 0 Å². The summed E-state index contributed by atoms with van der Waals surface area (Å²) in [6.45, 7) is 10.2. The maximum Gasteiger partial charge on any atom is -0.0101 e. The molecule has 65 valence electrons. The van der Waals surface area contributed by atoms with Crippen molar-refractivity contribution in [3.8, 4) is 0 Å². The molecule has 0 aromatic carbocycles. The number of hydrogen-bond donors (Lipinski definition) is 0. The second kappa shape index (κ2) is 12.2. The quantitative estimate of drug-likeness (QED) is 0.493. The molecule has 1 rings (SSSR count). The minimum atomic E-state index is 0.644. The summed E-state index contributed by atoms with van der Waals surface area (Å²) in [5.41, 5.74) is 0. The van der Waals surface area contributed by atoms with Gasteiger partial charge < -0.3 is 0 Å². The van der Waals surface area contributed by atoms with E-state index in [2.05, 4.69) is 31.6 Å². The van der Waals surface area contributed by atoms with Crippen LogP contribution in [-0.2, 0) is 0 Å². The summed E-state index contributed by atoms with van der Waals surface area (Å²) in [7, 11) is 0. The largest absolute Gasteiger partial charge is 0.0811 e. The Bertz CT molecular complexity index is 98.6. The Labute approximate surface area is 72.0 Å². The second-order valence-corrected chi connectivity index (χ2v) is 1.82. The van der Waals surface area contributed by atoms with E-state index in [1.807, 2.05) is 33.8 Å². The average Bonchev–Trinajstić information content (AvgIpc) is 2.13. The molecule has 0 aromatic rings. The van der Waals surface area contributed by atoms with Gasteiger partial charge in [-0.05, 0) is 12.3 Å². The van der Waals surface area contributed by atoms with E-state index in [-0.39, 0.29) is 0 Å². The molecule has 0 saturated carbocycles. The van der Waals surface area contributed by atoms with Gasteiger partial charge in [-0.3, -0.25) is 0 Å². The van der Waals surface area contributed by atoms with Crippen molar-refractivity contribution in [3.05, 3.63) is 30.7 Å². The van der Waals surface area contributed by atoms with Crippen LogP contribution >= 0.6 is 0 Å². The van der Waals surface area contributed by atoms with Gasteiger partial charge in [0.05, 0.1) is 0 Å². The highest BCUT2D eigenvalue weighted by Gasteiger charge is 1.93. The van der Waals surface area contributed by atoms with Crippen molar-refractivity contribution < 1.29 is 0 Å². The Kier molecular flexibility index (Phi) is 14.5. The van der Waals surface area contributed by atoms with Crippen LogP contribution in [0.3, 0.4) is 0 Å². The highest BCUT2D eigenvalue weighted by molar-refractivity contribution is 5.17. The third-order valence-corrected chi connectivity index (χ3v) is 1.05. The number of allylic oxidation sites excluding steroid dienone is 4. The zero-order chi connectivity index (χ0) is 9.11. The van der Waals surface area contributed by atoms with Crippen molar-refractivity contribution in [2.75, 3.05) is 0 Å². The monoisotopic (exact) mass is 153 g/mol. The fourth-order valence-corrected chi connectivity index (χ4v) is 0.607. The van der Waals surface area contributed by atoms with Crippen LogP contribution in [0.2, 0.25) is 0 Å². The zero-order valence-electron chi connectivity index (χ0n) is 8.46. The molecule has 0 nitrogen and oxygen atoms in total. The van der Waals surface area contributed by atoms with Crippen LogP contribution in [0.4, 0.5) is 0 Å². The Morgan fingerprint density at radius 1 is 0.818 bits per heavy atom. The summed E-state index contributed by atoms with van der Waals surface area (Å²) < 4.78 is 0. The molecule has 0 heterocycles. The van der Waals surface area contributed by atoms with Gasteiger partial charge in [-0.1, -0.05) is 58.9 Å². The van der Waals surface area contributed by atoms with Gasteiger partial charge in [0.25, 0.3) is 0 Å². The summed E-state index contributed by atoms with van der Waals surface area (Å²) in [6, 6.07) is 0. The van der Waals surface area contributed by atoms with Crippen molar-refractivity contribution in [1.82, 2.24) is 0 Å². The van der Waals surface area contributed by atoms with Gasteiger partial charge in [0, 0.05) is 0 Å². The van der Waals surface area contributed by atoms with E-state index in [1.165, 1.54) is 0 Å². The molecule has 0 heteroatoms. The Morgan fingerprint density at radius 3 is 1.55 bits per heavy atom. The van der Waals surface area contributed by atoms with Crippen molar-refractivity contribution in [2.24, 2.45) is 5.92 Å². The van der Waals surface area contributed by atoms with Gasteiger partial charge in [0.2, 0.25) is 0 Å². The molecule has 0 aliphatic heterocycles. The Balaban J connectivity index is 0. The lowest BCUT2D eigenvalue weighted by Crippen LogP contribution is -1.88. The molecule has 0 aromatic heterocycles. The van der Waals surface area contributed by atoms with E-state index in [9.17, 15) is 0 Å². The van der Waals surface area contributed by atoms with E-state index in [4.69, 9.17) is 0 Å². The highest BCUT2D eigenvalue weighted by atomic mass is 14.0. The highest BCUT2D eigenvalue weighted by Crippen LogP contribution is 2.07. The summed E-state index contributed by atoms with van der Waals surface area (Å²) in [4.78, 5) is 0. The molecular formula is C11H21. The first-order chi connectivity index (χ1) is 5.39. The molecule has 0 bridgehead atoms. The molecule has 0 amide bonds. The van der Waals surface area contributed by atoms with Crippen LogP contribution in [-0.4, -0.2) is 0 Å². The van der Waals surface area contributed by atoms with Crippen LogP contribution in [0.5, 0.6) is 0 Å². The lowest BCUT2D eigenvalue weighted by molar-refractivity contribution is 0.877. The van der Waals surface area contributed by atoms with Crippen molar-refractivity contribution in [3.63, 3.8) is 0 Å². The lowest BCUT2D eigenvalue weighted by atomic mass is 10.0. The SMILES string of the molecule is CC.CC.CC1[CH]C=CC=C1. The second-order valence-electron chi connectivity index (χ2n) is 1.82. The minimum absolute atomic E-state index is 0.644. The Hall–Kier alpha value is -0.520. The molecule has 1 unspecified atom stereocenters. The summed E-state index contributed by atoms with van der Waals surface area (Å²) >= 11 is 0. The molecule has 1 radical (unpaired) electrons. The fourth-order valence-electron chi connectivity index (χ4n) is 0.607. The van der Waals surface area contributed by atoms with Crippen molar-refractivity contribution >= 4 is 0 Å². The first-order valence-corrected chi connectivity index (χ1v) is 4.58. The molecule has 0 N–H and O–H groups in total. The number of hydrogen-bond acceptors (Lipinski definition) is 0.